The van der Waals surface area contributed by atoms with Gasteiger partial charge >= 0.3 is 35.2 Å². The molecule has 10 nitrogen and oxygen atoms in total. The van der Waals surface area contributed by atoms with E-state index < -0.39 is 49.9 Å². The van der Waals surface area contributed by atoms with Gasteiger partial charge in [-0.3, -0.25) is 18.9 Å². The Bertz CT molecular complexity index is 687. The maximum atomic E-state index is 13.2. The van der Waals surface area contributed by atoms with Gasteiger partial charge in [-0.05, 0) is 0 Å². The minimum absolute atomic E-state index is 0. The van der Waals surface area contributed by atoms with Crippen LogP contribution in [0.15, 0.2) is 15.8 Å². The minimum atomic E-state index is -4.98. The third-order valence-corrected chi connectivity index (χ3v) is 3.32. The van der Waals surface area contributed by atoms with Crippen LogP contribution in [-0.4, -0.2) is 38.4 Å². The van der Waals surface area contributed by atoms with Crippen molar-refractivity contribution in [1.29, 1.82) is 0 Å². The number of nitrogens with zero attached hydrogens (tertiary/aromatic N) is 1. The molecule has 1 aliphatic heterocycles. The van der Waals surface area contributed by atoms with Gasteiger partial charge in [-0.2, -0.15) is 4.39 Å². The Morgan fingerprint density at radius 3 is 2.82 bits per heavy atom. The first kappa shape index (κ1) is 19.7. The normalized spacial score (nSPS) is 27.2. The van der Waals surface area contributed by atoms with Gasteiger partial charge in [-0.25, -0.2) is 4.79 Å². The molecule has 22 heavy (non-hydrogen) atoms. The first-order valence-corrected chi connectivity index (χ1v) is 7.20. The van der Waals surface area contributed by atoms with Crippen molar-refractivity contribution in [3.8, 4) is 0 Å². The Morgan fingerprint density at radius 1 is 1.59 bits per heavy atom. The smallest absolute Gasteiger partial charge is 0.756 e. The molecular weight excluding hydrogens is 337 g/mol. The van der Waals surface area contributed by atoms with Crippen molar-refractivity contribution in [2.24, 2.45) is 0 Å². The van der Waals surface area contributed by atoms with Gasteiger partial charge in [-0.1, -0.05) is 0 Å². The fourth-order valence-electron chi connectivity index (χ4n) is 1.88. The Hall–Kier alpha value is -0.360. The van der Waals surface area contributed by atoms with Crippen molar-refractivity contribution in [2.45, 2.75) is 24.9 Å². The zero-order chi connectivity index (χ0) is 15.8. The van der Waals surface area contributed by atoms with Crippen molar-refractivity contribution < 1.29 is 62.7 Å². The molecule has 118 valence electrons. The Balaban J connectivity index is 0.00000242. The number of aromatic amines is 1. The second-order valence-corrected chi connectivity index (χ2v) is 5.54. The molecule has 13 heteroatoms. The molecule has 1 aliphatic rings. The van der Waals surface area contributed by atoms with Crippen LogP contribution in [-0.2, 0) is 13.8 Å². The number of phosphoric acid groups is 1. The summed E-state index contributed by atoms with van der Waals surface area (Å²) in [5, 5.41) is 9.67. The molecule has 4 atom stereocenters. The number of rotatable bonds is 4. The molecule has 0 amide bonds. The summed E-state index contributed by atoms with van der Waals surface area (Å²) in [6.45, 7) is -0.671. The molecule has 3 N–H and O–H groups in total. The molecule has 0 aromatic carbocycles. The van der Waals surface area contributed by atoms with Crippen LogP contribution in [0.25, 0.3) is 0 Å². The van der Waals surface area contributed by atoms with Gasteiger partial charge in [0.15, 0.2) is 0 Å². The molecule has 0 bridgehead atoms. The molecule has 1 saturated heterocycles. The molecule has 1 fully saturated rings. The van der Waals surface area contributed by atoms with Crippen molar-refractivity contribution in [1.82, 2.24) is 9.55 Å². The maximum Gasteiger partial charge on any atom is 1.00 e. The number of hydrogen-bond donors (Lipinski definition) is 3. The van der Waals surface area contributed by atoms with Crippen LogP contribution < -0.4 is 45.7 Å². The molecule has 0 saturated carbocycles. The van der Waals surface area contributed by atoms with Gasteiger partial charge in [0.05, 0.1) is 18.9 Å². The second-order valence-electron chi connectivity index (χ2n) is 4.34. The largest absolute Gasteiger partial charge is 1.00 e. The maximum absolute atomic E-state index is 13.2. The number of halogens is 1. The summed E-state index contributed by atoms with van der Waals surface area (Å²) < 4.78 is 33.6. The average molecular weight is 348 g/mol. The van der Waals surface area contributed by atoms with Gasteiger partial charge < -0.3 is 24.2 Å². The first-order chi connectivity index (χ1) is 9.67. The zero-order valence-corrected chi connectivity index (χ0v) is 14.2. The van der Waals surface area contributed by atoms with Crippen LogP contribution in [0.5, 0.6) is 0 Å². The number of H-pyrrole nitrogens is 1. The van der Waals surface area contributed by atoms with Crippen LogP contribution in [0.3, 0.4) is 0 Å². The molecule has 1 aromatic heterocycles. The predicted octanol–water partition coefficient (Wildman–Crippen LogP) is -5.19. The van der Waals surface area contributed by atoms with Crippen LogP contribution in [0.1, 0.15) is 12.6 Å². The minimum Gasteiger partial charge on any atom is -0.756 e. The average Bonchev–Trinajstić information content (AvgIpc) is 2.72. The third kappa shape index (κ3) is 4.82. The van der Waals surface area contributed by atoms with E-state index in [1.807, 2.05) is 0 Å². The second kappa shape index (κ2) is 7.47. The summed E-state index contributed by atoms with van der Waals surface area (Å²) >= 11 is 0. The van der Waals surface area contributed by atoms with E-state index >= 15 is 0 Å². The van der Waals surface area contributed by atoms with E-state index in [-0.39, 0.29) is 36.0 Å². The van der Waals surface area contributed by atoms with E-state index in [0.717, 1.165) is 4.57 Å². The van der Waals surface area contributed by atoms with Gasteiger partial charge in [0.2, 0.25) is 5.82 Å². The molecular formula is C9H11FN2NaO8P. The summed E-state index contributed by atoms with van der Waals surface area (Å²) in [7, 11) is -4.98. The van der Waals surface area contributed by atoms with Crippen molar-refractivity contribution in [2.75, 3.05) is 6.61 Å². The third-order valence-electron chi connectivity index (χ3n) is 2.84. The van der Waals surface area contributed by atoms with Crippen molar-refractivity contribution in [3.63, 3.8) is 0 Å². The summed E-state index contributed by atoms with van der Waals surface area (Å²) in [4.78, 5) is 43.1. The number of hydrogen-bond acceptors (Lipinski definition) is 7. The SMILES string of the molecule is O=c1[nH]c(=O)n(C2CC(O)C(COP(=O)([O-])O)O2)cc1F.[Na+]. The van der Waals surface area contributed by atoms with E-state index in [9.17, 15) is 28.5 Å². The molecule has 2 heterocycles. The molecule has 1 aromatic rings. The number of aliphatic hydroxyl groups excluding tert-OH is 1. The monoisotopic (exact) mass is 348 g/mol. The Morgan fingerprint density at radius 2 is 2.23 bits per heavy atom. The number of nitrogens with one attached hydrogen (secondary N) is 1. The van der Waals surface area contributed by atoms with E-state index in [2.05, 4.69) is 4.52 Å². The van der Waals surface area contributed by atoms with E-state index in [4.69, 9.17) is 9.63 Å². The van der Waals surface area contributed by atoms with Crippen molar-refractivity contribution >= 4 is 7.82 Å². The van der Waals surface area contributed by atoms with E-state index in [0.29, 0.717) is 6.20 Å². The molecule has 0 aliphatic carbocycles. The van der Waals surface area contributed by atoms with Crippen LogP contribution >= 0.6 is 7.82 Å². The van der Waals surface area contributed by atoms with Crippen LogP contribution in [0.4, 0.5) is 4.39 Å². The van der Waals surface area contributed by atoms with Crippen LogP contribution in [0.2, 0.25) is 0 Å². The predicted molar refractivity (Wildman–Crippen MR) is 61.6 cm³/mol. The van der Waals surface area contributed by atoms with Gasteiger partial charge in [0.1, 0.15) is 12.3 Å². The molecule has 0 radical (unpaired) electrons. The molecule has 0 spiro atoms. The molecule has 2 rings (SSSR count). The van der Waals surface area contributed by atoms with Gasteiger partial charge in [0, 0.05) is 6.42 Å². The Labute approximate surface area is 144 Å². The summed E-state index contributed by atoms with van der Waals surface area (Å²) in [6, 6.07) is 0. The number of phosphoric ester groups is 1. The number of ether oxygens (including phenoxy) is 1. The van der Waals surface area contributed by atoms with Gasteiger partial charge in [0.25, 0.3) is 13.4 Å². The first-order valence-electron chi connectivity index (χ1n) is 5.70. The van der Waals surface area contributed by atoms with Crippen LogP contribution in [0, 0.1) is 5.82 Å². The zero-order valence-electron chi connectivity index (χ0n) is 11.3. The molecule has 4 unspecified atom stereocenters. The quantitative estimate of drug-likeness (QED) is 0.360. The van der Waals surface area contributed by atoms with E-state index in [1.165, 1.54) is 0 Å². The summed E-state index contributed by atoms with van der Waals surface area (Å²) in [5.41, 5.74) is -2.14. The summed E-state index contributed by atoms with van der Waals surface area (Å²) in [5.74, 6) is -1.22. The standard InChI is InChI=1S/C9H12FN2O8P.Na/c10-4-2-12(9(15)11-8(4)14)7-1-5(13)6(20-7)3-19-21(16,17)18;/h2,5-7,13H,1,3H2,(H,11,14,15)(H2,16,17,18);/q;+1/p-1. The summed E-state index contributed by atoms with van der Waals surface area (Å²) in [6.07, 6.45) is -3.01. The number of aliphatic hydroxyl groups is 1. The van der Waals surface area contributed by atoms with Gasteiger partial charge in [-0.15, -0.1) is 0 Å². The van der Waals surface area contributed by atoms with Crippen molar-refractivity contribution in [3.05, 3.63) is 32.9 Å². The topological polar surface area (TPSA) is 154 Å². The number of aromatic nitrogens is 2. The van der Waals surface area contributed by atoms with E-state index in [1.54, 1.807) is 4.98 Å². The Kier molecular flexibility index (Phi) is 6.69. The fraction of sp³-hybridized carbons (Fsp3) is 0.556. The fourth-order valence-corrected chi connectivity index (χ4v) is 2.21.